The first-order valence-corrected chi connectivity index (χ1v) is 10.3. The van der Waals surface area contributed by atoms with Crippen LogP contribution in [0.4, 0.5) is 0 Å². The molecule has 0 aliphatic carbocycles. The van der Waals surface area contributed by atoms with Gasteiger partial charge in [0.25, 0.3) is 0 Å². The Morgan fingerprint density at radius 1 is 1.07 bits per heavy atom. The molecule has 158 valence electrons. The van der Waals surface area contributed by atoms with Crippen molar-refractivity contribution in [3.8, 4) is 0 Å². The highest BCUT2D eigenvalue weighted by atomic mass is 127. The Morgan fingerprint density at radius 3 is 2.55 bits per heavy atom. The van der Waals surface area contributed by atoms with Crippen LogP contribution >= 0.6 is 35.6 Å². The summed E-state index contributed by atoms with van der Waals surface area (Å²) in [6, 6.07) is 16.4. The lowest BCUT2D eigenvalue weighted by Crippen LogP contribution is -2.38. The zero-order chi connectivity index (χ0) is 19.6. The van der Waals surface area contributed by atoms with Crippen LogP contribution in [0.2, 0.25) is 5.02 Å². The van der Waals surface area contributed by atoms with E-state index in [-0.39, 0.29) is 24.0 Å². The molecule has 0 saturated carbocycles. The van der Waals surface area contributed by atoms with Crippen molar-refractivity contribution in [1.29, 1.82) is 0 Å². The molecular formula is C22H30ClIN4O. The molecule has 0 aromatic heterocycles. The van der Waals surface area contributed by atoms with E-state index in [1.807, 2.05) is 24.3 Å². The topological polar surface area (TPSA) is 48.9 Å². The summed E-state index contributed by atoms with van der Waals surface area (Å²) < 4.78 is 5.46. The second kappa shape index (κ2) is 13.1. The minimum absolute atomic E-state index is 0. The number of rotatable bonds is 7. The van der Waals surface area contributed by atoms with E-state index >= 15 is 0 Å². The van der Waals surface area contributed by atoms with Gasteiger partial charge in [-0.15, -0.1) is 24.0 Å². The van der Waals surface area contributed by atoms with Crippen LogP contribution in [0.5, 0.6) is 0 Å². The minimum atomic E-state index is 0. The fourth-order valence-corrected chi connectivity index (χ4v) is 3.42. The number of morpholine rings is 1. The van der Waals surface area contributed by atoms with Gasteiger partial charge in [0, 0.05) is 37.7 Å². The van der Waals surface area contributed by atoms with Crippen LogP contribution in [0.25, 0.3) is 0 Å². The summed E-state index contributed by atoms with van der Waals surface area (Å²) in [5.74, 6) is 0.809. The average molecular weight is 529 g/mol. The van der Waals surface area contributed by atoms with Crippen molar-refractivity contribution in [2.75, 3.05) is 32.8 Å². The van der Waals surface area contributed by atoms with Crippen LogP contribution < -0.4 is 10.6 Å². The molecule has 2 aromatic rings. The summed E-state index contributed by atoms with van der Waals surface area (Å²) in [6.07, 6.45) is 0. The first-order valence-electron chi connectivity index (χ1n) is 9.88. The lowest BCUT2D eigenvalue weighted by molar-refractivity contribution is 0.0341. The van der Waals surface area contributed by atoms with Gasteiger partial charge >= 0.3 is 0 Å². The molecule has 0 amide bonds. The zero-order valence-corrected chi connectivity index (χ0v) is 20.0. The van der Waals surface area contributed by atoms with E-state index < -0.39 is 0 Å². The van der Waals surface area contributed by atoms with Crippen molar-refractivity contribution in [1.82, 2.24) is 15.5 Å². The number of hydrogen-bond donors (Lipinski definition) is 2. The number of benzene rings is 2. The smallest absolute Gasteiger partial charge is 0.191 e. The molecule has 1 fully saturated rings. The third kappa shape index (κ3) is 8.12. The first kappa shape index (κ1) is 23.9. The van der Waals surface area contributed by atoms with Gasteiger partial charge in [-0.1, -0.05) is 48.0 Å². The van der Waals surface area contributed by atoms with Gasteiger partial charge in [0.1, 0.15) is 0 Å². The van der Waals surface area contributed by atoms with Gasteiger partial charge < -0.3 is 15.4 Å². The highest BCUT2D eigenvalue weighted by Gasteiger charge is 2.12. The quantitative estimate of drug-likeness (QED) is 0.324. The highest BCUT2D eigenvalue weighted by molar-refractivity contribution is 14.0. The van der Waals surface area contributed by atoms with Gasteiger partial charge in [-0.05, 0) is 35.7 Å². The molecule has 29 heavy (non-hydrogen) atoms. The van der Waals surface area contributed by atoms with Gasteiger partial charge in [-0.3, -0.25) is 4.90 Å². The van der Waals surface area contributed by atoms with E-state index in [1.54, 1.807) is 0 Å². The van der Waals surface area contributed by atoms with E-state index in [2.05, 4.69) is 46.7 Å². The van der Waals surface area contributed by atoms with Gasteiger partial charge in [-0.2, -0.15) is 0 Å². The van der Waals surface area contributed by atoms with Crippen molar-refractivity contribution < 1.29 is 4.74 Å². The van der Waals surface area contributed by atoms with Crippen LogP contribution in [-0.2, 0) is 24.4 Å². The van der Waals surface area contributed by atoms with E-state index in [0.717, 1.165) is 62.5 Å². The van der Waals surface area contributed by atoms with E-state index in [0.29, 0.717) is 6.54 Å². The maximum Gasteiger partial charge on any atom is 0.191 e. The third-order valence-electron chi connectivity index (χ3n) is 4.72. The molecule has 3 rings (SSSR count). The highest BCUT2D eigenvalue weighted by Crippen LogP contribution is 2.13. The van der Waals surface area contributed by atoms with E-state index in [4.69, 9.17) is 21.3 Å². The Kier molecular flexibility index (Phi) is 10.8. The number of aliphatic imine (C=N–C) groups is 1. The largest absolute Gasteiger partial charge is 0.379 e. The van der Waals surface area contributed by atoms with Crippen molar-refractivity contribution in [2.45, 2.75) is 26.6 Å². The van der Waals surface area contributed by atoms with Gasteiger partial charge in [0.05, 0.1) is 19.8 Å². The van der Waals surface area contributed by atoms with Crippen molar-refractivity contribution in [3.05, 3.63) is 70.2 Å². The van der Waals surface area contributed by atoms with Crippen molar-refractivity contribution in [2.24, 2.45) is 4.99 Å². The van der Waals surface area contributed by atoms with E-state index in [9.17, 15) is 0 Å². The third-order valence-corrected chi connectivity index (χ3v) is 4.95. The lowest BCUT2D eigenvalue weighted by Gasteiger charge is -2.27. The Bertz CT molecular complexity index is 781. The lowest BCUT2D eigenvalue weighted by atomic mass is 10.1. The Balaban J connectivity index is 0.00000300. The van der Waals surface area contributed by atoms with Gasteiger partial charge in [0.2, 0.25) is 0 Å². The molecule has 0 atom stereocenters. The molecule has 2 N–H and O–H groups in total. The second-order valence-corrected chi connectivity index (χ2v) is 7.27. The molecule has 2 aromatic carbocycles. The SMILES string of the molecule is CCNC(=NCc1cccc(Cl)c1)NCc1ccccc1CN1CCOCC1.I. The molecule has 1 heterocycles. The summed E-state index contributed by atoms with van der Waals surface area (Å²) in [4.78, 5) is 7.14. The predicted molar refractivity (Wildman–Crippen MR) is 131 cm³/mol. The molecular weight excluding hydrogens is 499 g/mol. The second-order valence-electron chi connectivity index (χ2n) is 6.84. The summed E-state index contributed by atoms with van der Waals surface area (Å²) >= 11 is 6.07. The van der Waals surface area contributed by atoms with E-state index in [1.165, 1.54) is 11.1 Å². The van der Waals surface area contributed by atoms with Crippen LogP contribution in [0.3, 0.4) is 0 Å². The Labute approximate surface area is 195 Å². The molecule has 5 nitrogen and oxygen atoms in total. The molecule has 1 aliphatic rings. The van der Waals surface area contributed by atoms with Crippen LogP contribution in [-0.4, -0.2) is 43.7 Å². The predicted octanol–water partition coefficient (Wildman–Crippen LogP) is 4.05. The minimum Gasteiger partial charge on any atom is -0.379 e. The summed E-state index contributed by atoms with van der Waals surface area (Å²) in [6.45, 7) is 8.80. The number of guanidine groups is 1. The van der Waals surface area contributed by atoms with Crippen LogP contribution in [0.15, 0.2) is 53.5 Å². The number of nitrogens with zero attached hydrogens (tertiary/aromatic N) is 2. The van der Waals surface area contributed by atoms with Gasteiger partial charge in [0.15, 0.2) is 5.96 Å². The average Bonchev–Trinajstić information content (AvgIpc) is 2.72. The molecule has 0 unspecified atom stereocenters. The molecule has 0 radical (unpaired) electrons. The first-order chi connectivity index (χ1) is 13.7. The number of nitrogens with one attached hydrogen (secondary N) is 2. The fraction of sp³-hybridized carbons (Fsp3) is 0.409. The molecule has 0 spiro atoms. The fourth-order valence-electron chi connectivity index (χ4n) is 3.21. The summed E-state index contributed by atoms with van der Waals surface area (Å²) in [5.41, 5.74) is 3.74. The summed E-state index contributed by atoms with van der Waals surface area (Å²) in [5, 5.41) is 7.52. The van der Waals surface area contributed by atoms with Crippen LogP contribution in [0.1, 0.15) is 23.6 Å². The number of ether oxygens (including phenoxy) is 1. The molecule has 1 aliphatic heterocycles. The van der Waals surface area contributed by atoms with Crippen molar-refractivity contribution in [3.63, 3.8) is 0 Å². The molecule has 1 saturated heterocycles. The maximum absolute atomic E-state index is 6.07. The van der Waals surface area contributed by atoms with Gasteiger partial charge in [-0.25, -0.2) is 4.99 Å². The molecule has 0 bridgehead atoms. The zero-order valence-electron chi connectivity index (χ0n) is 16.9. The monoisotopic (exact) mass is 528 g/mol. The standard InChI is InChI=1S/C22H29ClN4O.HI/c1-2-24-22(25-15-18-6-5-9-21(23)14-18)26-16-19-7-3-4-8-20(19)17-27-10-12-28-13-11-27;/h3-9,14H,2,10-13,15-17H2,1H3,(H2,24,25,26);1H. The maximum atomic E-state index is 6.07. The number of halogens is 2. The Morgan fingerprint density at radius 2 is 1.83 bits per heavy atom. The summed E-state index contributed by atoms with van der Waals surface area (Å²) in [7, 11) is 0. The molecule has 7 heteroatoms. The number of hydrogen-bond acceptors (Lipinski definition) is 3. The Hall–Kier alpha value is -1.35. The normalized spacial score (nSPS) is 14.9. The van der Waals surface area contributed by atoms with Crippen LogP contribution in [0, 0.1) is 0 Å². The van der Waals surface area contributed by atoms with Crippen molar-refractivity contribution >= 4 is 41.5 Å².